The van der Waals surface area contributed by atoms with Gasteiger partial charge in [0, 0.05) is 19.5 Å². The summed E-state index contributed by atoms with van der Waals surface area (Å²) in [7, 11) is -4.59. The first-order valence-corrected chi connectivity index (χ1v) is 7.62. The van der Waals surface area contributed by atoms with Gasteiger partial charge in [0.1, 0.15) is 0 Å². The Bertz CT molecular complexity index is 370. The fourth-order valence-corrected chi connectivity index (χ4v) is 2.65. The Morgan fingerprint density at radius 2 is 1.24 bits per heavy atom. The van der Waals surface area contributed by atoms with Gasteiger partial charge in [-0.3, -0.25) is 13.6 Å². The van der Waals surface area contributed by atoms with E-state index in [0.717, 1.165) is 12.2 Å². The van der Waals surface area contributed by atoms with Gasteiger partial charge in [0.25, 0.3) is 0 Å². The van der Waals surface area contributed by atoms with Crippen molar-refractivity contribution in [1.82, 2.24) is 0 Å². The van der Waals surface area contributed by atoms with E-state index in [9.17, 15) is 30.9 Å². The maximum Gasteiger partial charge on any atom is 0.415 e. The molecule has 10 heteroatoms. The molecule has 0 N–H and O–H groups in total. The summed E-state index contributed by atoms with van der Waals surface area (Å²) in [5.74, 6) is 0. The quantitative estimate of drug-likeness (QED) is 0.360. The zero-order chi connectivity index (χ0) is 16.9. The SMILES string of the molecule is C=CCC(OP(C)(=O)OC(CC=C)C(F)(F)F)C(F)(F)F. The summed E-state index contributed by atoms with van der Waals surface area (Å²) in [4.78, 5) is 0. The van der Waals surface area contributed by atoms with Crippen molar-refractivity contribution in [2.45, 2.75) is 37.4 Å². The van der Waals surface area contributed by atoms with Crippen molar-refractivity contribution in [2.75, 3.05) is 6.66 Å². The Balaban J connectivity index is 5.05. The summed E-state index contributed by atoms with van der Waals surface area (Å²) in [6.45, 7) is 6.69. The predicted molar refractivity (Wildman–Crippen MR) is 65.0 cm³/mol. The highest BCUT2D eigenvalue weighted by Crippen LogP contribution is 2.51. The Kier molecular flexibility index (Phi) is 7.19. The highest BCUT2D eigenvalue weighted by atomic mass is 31.2. The smallest absolute Gasteiger partial charge is 0.295 e. The maximum absolute atomic E-state index is 12.6. The standard InChI is InChI=1S/C11H15F6O3P/c1-4-6-8(10(12,13)14)19-21(3,18)20-9(7-5-2)11(15,16)17/h4-5,8-9H,1-2,6-7H2,3H3. The molecule has 0 aromatic heterocycles. The van der Waals surface area contributed by atoms with Gasteiger partial charge in [-0.05, 0) is 0 Å². The van der Waals surface area contributed by atoms with E-state index in [-0.39, 0.29) is 0 Å². The Morgan fingerprint density at radius 3 is 1.43 bits per heavy atom. The van der Waals surface area contributed by atoms with Crippen LogP contribution in [0.15, 0.2) is 25.3 Å². The molecule has 21 heavy (non-hydrogen) atoms. The highest BCUT2D eigenvalue weighted by molar-refractivity contribution is 7.53. The van der Waals surface area contributed by atoms with Gasteiger partial charge >= 0.3 is 19.9 Å². The molecule has 0 rings (SSSR count). The number of alkyl halides is 6. The molecule has 2 atom stereocenters. The minimum Gasteiger partial charge on any atom is -0.295 e. The Morgan fingerprint density at radius 1 is 0.952 bits per heavy atom. The first-order chi connectivity index (χ1) is 9.33. The van der Waals surface area contributed by atoms with E-state index in [1.807, 2.05) is 0 Å². The highest BCUT2D eigenvalue weighted by Gasteiger charge is 2.47. The predicted octanol–water partition coefficient (Wildman–Crippen LogP) is 4.86. The molecular formula is C11H15F6O3P. The van der Waals surface area contributed by atoms with E-state index in [1.54, 1.807) is 0 Å². The van der Waals surface area contributed by atoms with Crippen LogP contribution < -0.4 is 0 Å². The van der Waals surface area contributed by atoms with Gasteiger partial charge in [-0.15, -0.1) is 13.2 Å². The molecule has 0 aliphatic rings. The van der Waals surface area contributed by atoms with Gasteiger partial charge in [0.15, 0.2) is 12.2 Å². The topological polar surface area (TPSA) is 35.5 Å². The number of hydrogen-bond acceptors (Lipinski definition) is 3. The van der Waals surface area contributed by atoms with Gasteiger partial charge in [0.05, 0.1) is 0 Å². The van der Waals surface area contributed by atoms with Crippen molar-refractivity contribution >= 4 is 7.60 Å². The second-order valence-corrected chi connectivity index (χ2v) is 6.06. The van der Waals surface area contributed by atoms with Crippen LogP contribution in [0.1, 0.15) is 12.8 Å². The van der Waals surface area contributed by atoms with Crippen molar-refractivity contribution < 1.29 is 40.0 Å². The molecule has 0 amide bonds. The summed E-state index contributed by atoms with van der Waals surface area (Å²) < 4.78 is 95.6. The third-order valence-corrected chi connectivity index (χ3v) is 3.40. The maximum atomic E-state index is 12.6. The molecule has 0 saturated heterocycles. The molecular weight excluding hydrogens is 325 g/mol. The molecule has 124 valence electrons. The molecule has 3 nitrogen and oxygen atoms in total. The lowest BCUT2D eigenvalue weighted by atomic mass is 10.2. The monoisotopic (exact) mass is 340 g/mol. The molecule has 0 aliphatic carbocycles. The van der Waals surface area contributed by atoms with Crippen molar-refractivity contribution in [3.63, 3.8) is 0 Å². The van der Waals surface area contributed by atoms with Crippen LogP contribution in [0.2, 0.25) is 0 Å². The van der Waals surface area contributed by atoms with Crippen LogP contribution in [-0.4, -0.2) is 31.2 Å². The molecule has 0 aliphatic heterocycles. The van der Waals surface area contributed by atoms with Gasteiger partial charge in [-0.2, -0.15) is 26.3 Å². The minimum absolute atomic E-state index is 0.552. The molecule has 0 aromatic rings. The molecule has 0 fully saturated rings. The van der Waals surface area contributed by atoms with Crippen LogP contribution in [0.3, 0.4) is 0 Å². The van der Waals surface area contributed by atoms with Gasteiger partial charge in [0.2, 0.25) is 0 Å². The second kappa shape index (κ2) is 7.47. The van der Waals surface area contributed by atoms with Crippen LogP contribution in [0.4, 0.5) is 26.3 Å². The van der Waals surface area contributed by atoms with Gasteiger partial charge in [-0.25, -0.2) is 0 Å². The fourth-order valence-electron chi connectivity index (χ4n) is 1.26. The summed E-state index contributed by atoms with van der Waals surface area (Å²) in [5, 5.41) is 0. The van der Waals surface area contributed by atoms with Crippen LogP contribution in [0.25, 0.3) is 0 Å². The van der Waals surface area contributed by atoms with Crippen molar-refractivity contribution in [3.05, 3.63) is 25.3 Å². The molecule has 0 spiro atoms. The van der Waals surface area contributed by atoms with E-state index < -0.39 is 45.0 Å². The average molecular weight is 340 g/mol. The van der Waals surface area contributed by atoms with Crippen molar-refractivity contribution in [3.8, 4) is 0 Å². The molecule has 0 radical (unpaired) electrons. The number of rotatable bonds is 8. The van der Waals surface area contributed by atoms with E-state index in [2.05, 4.69) is 22.2 Å². The molecule has 0 saturated carbocycles. The number of halogens is 6. The van der Waals surface area contributed by atoms with Crippen LogP contribution in [0, 0.1) is 0 Å². The normalized spacial score (nSPS) is 18.6. The third kappa shape index (κ3) is 7.68. The zero-order valence-electron chi connectivity index (χ0n) is 11.1. The second-order valence-electron chi connectivity index (χ2n) is 4.09. The van der Waals surface area contributed by atoms with Gasteiger partial charge in [-0.1, -0.05) is 12.2 Å². The van der Waals surface area contributed by atoms with Crippen LogP contribution in [0.5, 0.6) is 0 Å². The average Bonchev–Trinajstić information content (AvgIpc) is 2.25. The van der Waals surface area contributed by atoms with E-state index >= 15 is 0 Å². The summed E-state index contributed by atoms with van der Waals surface area (Å²) in [6, 6.07) is 0. The van der Waals surface area contributed by atoms with Crippen LogP contribution >= 0.6 is 7.60 Å². The third-order valence-electron chi connectivity index (χ3n) is 2.13. The van der Waals surface area contributed by atoms with Crippen molar-refractivity contribution in [2.24, 2.45) is 0 Å². The molecule has 0 heterocycles. The molecule has 0 aromatic carbocycles. The first kappa shape index (κ1) is 20.2. The fraction of sp³-hybridized carbons (Fsp3) is 0.636. The van der Waals surface area contributed by atoms with Crippen LogP contribution in [-0.2, 0) is 13.6 Å². The van der Waals surface area contributed by atoms with E-state index in [1.165, 1.54) is 0 Å². The molecule has 0 bridgehead atoms. The summed E-state index contributed by atoms with van der Waals surface area (Å²) in [5.41, 5.74) is 0. The summed E-state index contributed by atoms with van der Waals surface area (Å²) in [6.07, 6.45) is -14.7. The molecule has 2 unspecified atom stereocenters. The first-order valence-electron chi connectivity index (χ1n) is 5.63. The Labute approximate surface area is 118 Å². The lowest BCUT2D eigenvalue weighted by Crippen LogP contribution is -2.33. The number of hydrogen-bond donors (Lipinski definition) is 0. The minimum atomic E-state index is -4.91. The Hall–Kier alpha value is -0.790. The zero-order valence-corrected chi connectivity index (χ0v) is 12.0. The van der Waals surface area contributed by atoms with E-state index in [4.69, 9.17) is 0 Å². The largest absolute Gasteiger partial charge is 0.415 e. The van der Waals surface area contributed by atoms with Gasteiger partial charge < -0.3 is 0 Å². The lowest BCUT2D eigenvalue weighted by Gasteiger charge is -2.27. The van der Waals surface area contributed by atoms with Crippen molar-refractivity contribution in [1.29, 1.82) is 0 Å². The van der Waals surface area contributed by atoms with E-state index in [0.29, 0.717) is 6.66 Å². The lowest BCUT2D eigenvalue weighted by molar-refractivity contribution is -0.208. The summed E-state index contributed by atoms with van der Waals surface area (Å²) >= 11 is 0.